The average Bonchev–Trinajstić information content (AvgIpc) is 2.26. The van der Waals surface area contributed by atoms with Crippen LogP contribution in [0.5, 0.6) is 0 Å². The minimum atomic E-state index is -0.482. The van der Waals surface area contributed by atoms with Gasteiger partial charge in [-0.3, -0.25) is 14.9 Å². The maximum absolute atomic E-state index is 10.9. The van der Waals surface area contributed by atoms with Gasteiger partial charge in [0.05, 0.1) is 22.7 Å². The average molecular weight is 306 g/mol. The molecule has 0 aromatic heterocycles. The fourth-order valence-corrected chi connectivity index (χ4v) is 2.14. The van der Waals surface area contributed by atoms with Gasteiger partial charge < -0.3 is 4.74 Å². The number of nitro benzene ring substituents is 1. The maximum atomic E-state index is 10.9. The van der Waals surface area contributed by atoms with E-state index in [2.05, 4.69) is 20.7 Å². The van der Waals surface area contributed by atoms with Crippen molar-refractivity contribution in [1.82, 2.24) is 0 Å². The van der Waals surface area contributed by atoms with Crippen LogP contribution in [0.4, 0.5) is 5.69 Å². The van der Waals surface area contributed by atoms with Gasteiger partial charge in [-0.15, -0.1) is 11.8 Å². The van der Waals surface area contributed by atoms with Crippen molar-refractivity contribution < 1.29 is 14.5 Å². The molecule has 0 aliphatic rings. The molecular weight excluding hydrogens is 298 g/mol. The van der Waals surface area contributed by atoms with Gasteiger partial charge in [0.15, 0.2) is 0 Å². The van der Waals surface area contributed by atoms with Crippen molar-refractivity contribution >= 4 is 39.3 Å². The monoisotopic (exact) mass is 305 g/mol. The van der Waals surface area contributed by atoms with Crippen LogP contribution in [0.2, 0.25) is 0 Å². The van der Waals surface area contributed by atoms with Crippen molar-refractivity contribution in [2.24, 2.45) is 0 Å². The topological polar surface area (TPSA) is 69.4 Å². The molecule has 0 saturated heterocycles. The molecule has 5 nitrogen and oxygen atoms in total. The molecule has 86 valence electrons. The van der Waals surface area contributed by atoms with Crippen molar-refractivity contribution in [2.45, 2.75) is 4.90 Å². The Morgan fingerprint density at radius 1 is 1.62 bits per heavy atom. The number of carbonyl (C=O) groups excluding carboxylic acids is 1. The number of halogens is 1. The van der Waals surface area contributed by atoms with Crippen molar-refractivity contribution in [2.75, 3.05) is 12.9 Å². The summed E-state index contributed by atoms with van der Waals surface area (Å²) in [7, 11) is 1.28. The highest BCUT2D eigenvalue weighted by molar-refractivity contribution is 9.10. The van der Waals surface area contributed by atoms with E-state index in [4.69, 9.17) is 0 Å². The zero-order chi connectivity index (χ0) is 12.1. The molecule has 0 bridgehead atoms. The largest absolute Gasteiger partial charge is 0.468 e. The molecule has 0 unspecified atom stereocenters. The lowest BCUT2D eigenvalue weighted by atomic mass is 10.3. The molecule has 0 amide bonds. The summed E-state index contributed by atoms with van der Waals surface area (Å²) in [5, 5.41) is 10.7. The molecule has 0 atom stereocenters. The SMILES string of the molecule is COC(=O)CSc1ccc(Br)cc1[N+](=O)[O-]. The van der Waals surface area contributed by atoms with Gasteiger partial charge in [-0.05, 0) is 12.1 Å². The smallest absolute Gasteiger partial charge is 0.315 e. The molecule has 1 aromatic rings. The number of benzene rings is 1. The molecule has 0 fully saturated rings. The molecule has 7 heteroatoms. The van der Waals surface area contributed by atoms with Gasteiger partial charge in [-0.25, -0.2) is 0 Å². The lowest BCUT2D eigenvalue weighted by Crippen LogP contribution is -2.03. The Kier molecular flexibility index (Phi) is 4.75. The highest BCUT2D eigenvalue weighted by atomic mass is 79.9. The molecule has 0 N–H and O–H groups in total. The summed E-state index contributed by atoms with van der Waals surface area (Å²) in [6, 6.07) is 4.68. The van der Waals surface area contributed by atoms with Crippen LogP contribution < -0.4 is 0 Å². The minimum Gasteiger partial charge on any atom is -0.468 e. The second kappa shape index (κ2) is 5.86. The highest BCUT2D eigenvalue weighted by Gasteiger charge is 2.15. The second-order valence-electron chi connectivity index (χ2n) is 2.73. The van der Waals surface area contributed by atoms with Crippen molar-refractivity contribution in [3.63, 3.8) is 0 Å². The van der Waals surface area contributed by atoms with E-state index in [1.807, 2.05) is 0 Å². The minimum absolute atomic E-state index is 0.0247. The van der Waals surface area contributed by atoms with E-state index in [1.54, 1.807) is 12.1 Å². The van der Waals surface area contributed by atoms with Gasteiger partial charge >= 0.3 is 5.97 Å². The molecule has 0 saturated carbocycles. The van der Waals surface area contributed by atoms with Gasteiger partial charge in [0.1, 0.15) is 0 Å². The normalized spacial score (nSPS) is 9.88. The number of hydrogen-bond acceptors (Lipinski definition) is 5. The number of rotatable bonds is 4. The van der Waals surface area contributed by atoms with E-state index in [1.165, 1.54) is 13.2 Å². The molecule has 0 aliphatic heterocycles. The van der Waals surface area contributed by atoms with Crippen LogP contribution in [0, 0.1) is 10.1 Å². The van der Waals surface area contributed by atoms with Gasteiger partial charge in [-0.1, -0.05) is 15.9 Å². The van der Waals surface area contributed by atoms with E-state index in [0.29, 0.717) is 9.37 Å². The number of ether oxygens (including phenoxy) is 1. The number of nitro groups is 1. The third-order valence-corrected chi connectivity index (χ3v) is 3.22. The number of esters is 1. The highest BCUT2D eigenvalue weighted by Crippen LogP contribution is 2.31. The lowest BCUT2D eigenvalue weighted by Gasteiger charge is -2.02. The maximum Gasteiger partial charge on any atom is 0.315 e. The summed E-state index contributed by atoms with van der Waals surface area (Å²) in [5.41, 5.74) is -0.0247. The first-order chi connectivity index (χ1) is 7.54. The first-order valence-corrected chi connectivity index (χ1v) is 5.96. The molecule has 0 spiro atoms. The summed E-state index contributed by atoms with van der Waals surface area (Å²) < 4.78 is 5.08. The molecule has 1 rings (SSSR count). The Morgan fingerprint density at radius 2 is 2.31 bits per heavy atom. The van der Waals surface area contributed by atoms with E-state index in [0.717, 1.165) is 11.8 Å². The molecule has 0 heterocycles. The summed E-state index contributed by atoms with van der Waals surface area (Å²) in [5.74, 6) is -0.360. The quantitative estimate of drug-likeness (QED) is 0.370. The predicted molar refractivity (Wildman–Crippen MR) is 63.5 cm³/mol. The van der Waals surface area contributed by atoms with Crippen LogP contribution in [0.1, 0.15) is 0 Å². The first-order valence-electron chi connectivity index (χ1n) is 4.18. The third-order valence-electron chi connectivity index (χ3n) is 1.69. The Morgan fingerprint density at radius 3 is 2.88 bits per heavy atom. The third kappa shape index (κ3) is 3.49. The summed E-state index contributed by atoms with van der Waals surface area (Å²) in [6.07, 6.45) is 0. The summed E-state index contributed by atoms with van der Waals surface area (Å²) in [4.78, 5) is 21.6. The fraction of sp³-hybridized carbons (Fsp3) is 0.222. The van der Waals surface area contributed by atoms with Crippen LogP contribution in [-0.2, 0) is 9.53 Å². The van der Waals surface area contributed by atoms with Crippen LogP contribution >= 0.6 is 27.7 Å². The number of thioether (sulfide) groups is 1. The second-order valence-corrected chi connectivity index (χ2v) is 4.67. The van der Waals surface area contributed by atoms with Crippen molar-refractivity contribution in [1.29, 1.82) is 0 Å². The summed E-state index contributed by atoms with van der Waals surface area (Å²) >= 11 is 4.23. The van der Waals surface area contributed by atoms with Gasteiger partial charge in [-0.2, -0.15) is 0 Å². The van der Waals surface area contributed by atoms with Gasteiger partial charge in [0, 0.05) is 10.5 Å². The Hall–Kier alpha value is -1.08. The summed E-state index contributed by atoms with van der Waals surface area (Å²) in [6.45, 7) is 0. The lowest BCUT2D eigenvalue weighted by molar-refractivity contribution is -0.387. The molecule has 0 aliphatic carbocycles. The number of methoxy groups -OCH3 is 1. The standard InChI is InChI=1S/C9H8BrNO4S/c1-15-9(12)5-16-8-3-2-6(10)4-7(8)11(13)14/h2-4H,5H2,1H3. The molecule has 0 radical (unpaired) electrons. The zero-order valence-electron chi connectivity index (χ0n) is 8.31. The Bertz CT molecular complexity index is 424. The van der Waals surface area contributed by atoms with E-state index in [9.17, 15) is 14.9 Å². The van der Waals surface area contributed by atoms with Gasteiger partial charge in [0.25, 0.3) is 5.69 Å². The molecule has 16 heavy (non-hydrogen) atoms. The predicted octanol–water partition coefficient (Wildman–Crippen LogP) is 2.62. The van der Waals surface area contributed by atoms with Crippen molar-refractivity contribution in [3.8, 4) is 0 Å². The van der Waals surface area contributed by atoms with E-state index in [-0.39, 0.29) is 11.4 Å². The Balaban J connectivity index is 2.87. The van der Waals surface area contributed by atoms with Gasteiger partial charge in [0.2, 0.25) is 0 Å². The number of nitrogens with zero attached hydrogens (tertiary/aromatic N) is 1. The van der Waals surface area contributed by atoms with E-state index >= 15 is 0 Å². The molecular formula is C9H8BrNO4S. The van der Waals surface area contributed by atoms with Crippen molar-refractivity contribution in [3.05, 3.63) is 32.8 Å². The van der Waals surface area contributed by atoms with Crippen LogP contribution in [-0.4, -0.2) is 23.8 Å². The van der Waals surface area contributed by atoms with Crippen LogP contribution in [0.15, 0.2) is 27.6 Å². The number of hydrogen-bond donors (Lipinski definition) is 0. The fourth-order valence-electron chi connectivity index (χ4n) is 0.951. The molecule has 1 aromatic carbocycles. The Labute approximate surface area is 104 Å². The zero-order valence-corrected chi connectivity index (χ0v) is 10.7. The van der Waals surface area contributed by atoms with Crippen LogP contribution in [0.25, 0.3) is 0 Å². The van der Waals surface area contributed by atoms with E-state index < -0.39 is 10.9 Å². The van der Waals surface area contributed by atoms with Crippen LogP contribution in [0.3, 0.4) is 0 Å². The first kappa shape index (κ1) is 13.0. The number of carbonyl (C=O) groups is 1.